The third kappa shape index (κ3) is 5.13. The molecule has 0 bridgehead atoms. The van der Waals surface area contributed by atoms with Crippen molar-refractivity contribution >= 4 is 17.9 Å². The molecule has 1 unspecified atom stereocenters. The Morgan fingerprint density at radius 2 is 1.90 bits per heavy atom. The summed E-state index contributed by atoms with van der Waals surface area (Å²) in [5.74, 6) is -1.19. The SMILES string of the molecule is COc1cc(Cc2cccc(Cl)c2F)c(C=O)c(C(C)N[C@H](CO)C(C)C)c1F. The quantitative estimate of drug-likeness (QED) is 0.572. The van der Waals surface area contributed by atoms with Crippen molar-refractivity contribution in [2.45, 2.75) is 39.3 Å². The minimum Gasteiger partial charge on any atom is -0.494 e. The van der Waals surface area contributed by atoms with E-state index in [1.54, 1.807) is 19.1 Å². The average Bonchev–Trinajstić information content (AvgIpc) is 2.69. The molecule has 0 fully saturated rings. The van der Waals surface area contributed by atoms with Crippen molar-refractivity contribution in [2.75, 3.05) is 13.7 Å². The molecule has 0 saturated carbocycles. The van der Waals surface area contributed by atoms with E-state index in [2.05, 4.69) is 5.32 Å². The minimum atomic E-state index is -0.662. The molecule has 2 atom stereocenters. The molecule has 0 spiro atoms. The van der Waals surface area contributed by atoms with Crippen LogP contribution in [0.25, 0.3) is 0 Å². The van der Waals surface area contributed by atoms with E-state index in [0.717, 1.165) is 0 Å². The molecule has 0 aliphatic heterocycles. The number of aliphatic hydroxyl groups is 1. The van der Waals surface area contributed by atoms with Crippen molar-refractivity contribution in [3.8, 4) is 5.75 Å². The van der Waals surface area contributed by atoms with Gasteiger partial charge in [0.2, 0.25) is 0 Å². The lowest BCUT2D eigenvalue weighted by molar-refractivity contribution is 0.112. The normalized spacial score (nSPS) is 13.4. The summed E-state index contributed by atoms with van der Waals surface area (Å²) in [6, 6.07) is 5.14. The summed E-state index contributed by atoms with van der Waals surface area (Å²) < 4.78 is 34.7. The van der Waals surface area contributed by atoms with E-state index in [9.17, 15) is 14.3 Å². The molecule has 0 amide bonds. The van der Waals surface area contributed by atoms with Crippen LogP contribution in [-0.2, 0) is 6.42 Å². The number of benzene rings is 2. The zero-order valence-corrected chi connectivity index (χ0v) is 17.7. The number of carbonyl (C=O) groups excluding carboxylic acids is 1. The fourth-order valence-corrected chi connectivity index (χ4v) is 3.53. The molecule has 0 saturated heterocycles. The van der Waals surface area contributed by atoms with Gasteiger partial charge in [-0.15, -0.1) is 0 Å². The zero-order chi connectivity index (χ0) is 21.7. The first-order chi connectivity index (χ1) is 13.7. The predicted molar refractivity (Wildman–Crippen MR) is 110 cm³/mol. The molecule has 0 aliphatic carbocycles. The van der Waals surface area contributed by atoms with Crippen LogP contribution in [-0.4, -0.2) is 31.2 Å². The summed E-state index contributed by atoms with van der Waals surface area (Å²) in [5.41, 5.74) is 0.961. The third-order valence-corrected chi connectivity index (χ3v) is 5.33. The molecule has 7 heteroatoms. The summed E-state index contributed by atoms with van der Waals surface area (Å²) >= 11 is 5.86. The minimum absolute atomic E-state index is 0.0257. The molecule has 2 aromatic carbocycles. The van der Waals surface area contributed by atoms with E-state index >= 15 is 4.39 Å². The van der Waals surface area contributed by atoms with Gasteiger partial charge in [0.25, 0.3) is 0 Å². The molecule has 29 heavy (non-hydrogen) atoms. The molecule has 0 aromatic heterocycles. The second-order valence-electron chi connectivity index (χ2n) is 7.31. The van der Waals surface area contributed by atoms with E-state index in [-0.39, 0.29) is 52.4 Å². The fourth-order valence-electron chi connectivity index (χ4n) is 3.33. The highest BCUT2D eigenvalue weighted by atomic mass is 35.5. The van der Waals surface area contributed by atoms with Crippen LogP contribution in [0, 0.1) is 17.6 Å². The van der Waals surface area contributed by atoms with Gasteiger partial charge in [-0.3, -0.25) is 4.79 Å². The Bertz CT molecular complexity index is 874. The van der Waals surface area contributed by atoms with Crippen LogP contribution < -0.4 is 10.1 Å². The Hall–Kier alpha value is -2.02. The lowest BCUT2D eigenvalue weighted by Gasteiger charge is -2.27. The van der Waals surface area contributed by atoms with Crippen LogP contribution in [0.3, 0.4) is 0 Å². The lowest BCUT2D eigenvalue weighted by atomic mass is 9.91. The first-order valence-electron chi connectivity index (χ1n) is 9.39. The van der Waals surface area contributed by atoms with Crippen LogP contribution in [0.2, 0.25) is 5.02 Å². The summed E-state index contributed by atoms with van der Waals surface area (Å²) in [6.45, 7) is 5.43. The Balaban J connectivity index is 2.57. The smallest absolute Gasteiger partial charge is 0.170 e. The van der Waals surface area contributed by atoms with Gasteiger partial charge in [-0.2, -0.15) is 0 Å². The number of hydrogen-bond acceptors (Lipinski definition) is 4. The number of aldehydes is 1. The molecular formula is C22H26ClF2NO3. The van der Waals surface area contributed by atoms with Gasteiger partial charge in [0, 0.05) is 29.6 Å². The summed E-state index contributed by atoms with van der Waals surface area (Å²) in [4.78, 5) is 11.9. The maximum absolute atomic E-state index is 15.1. The van der Waals surface area contributed by atoms with E-state index in [1.165, 1.54) is 19.2 Å². The van der Waals surface area contributed by atoms with Crippen LogP contribution in [0.1, 0.15) is 53.9 Å². The number of methoxy groups -OCH3 is 1. The molecule has 0 heterocycles. The molecule has 2 aromatic rings. The Morgan fingerprint density at radius 1 is 1.21 bits per heavy atom. The fraction of sp³-hybridized carbons (Fsp3) is 0.409. The van der Waals surface area contributed by atoms with Crippen molar-refractivity contribution < 1.29 is 23.4 Å². The lowest BCUT2D eigenvalue weighted by Crippen LogP contribution is -2.39. The van der Waals surface area contributed by atoms with Crippen molar-refractivity contribution in [1.82, 2.24) is 5.32 Å². The third-order valence-electron chi connectivity index (χ3n) is 5.04. The largest absolute Gasteiger partial charge is 0.494 e. The Kier molecular flexibility index (Phi) is 8.14. The monoisotopic (exact) mass is 425 g/mol. The zero-order valence-electron chi connectivity index (χ0n) is 16.9. The summed E-state index contributed by atoms with van der Waals surface area (Å²) in [5, 5.41) is 12.7. The molecule has 4 nitrogen and oxygen atoms in total. The van der Waals surface area contributed by atoms with Gasteiger partial charge in [0.05, 0.1) is 18.7 Å². The molecular weight excluding hydrogens is 400 g/mol. The van der Waals surface area contributed by atoms with Gasteiger partial charge in [-0.05, 0) is 36.1 Å². The second kappa shape index (κ2) is 10.1. The van der Waals surface area contributed by atoms with Crippen molar-refractivity contribution in [2.24, 2.45) is 5.92 Å². The van der Waals surface area contributed by atoms with Crippen molar-refractivity contribution in [3.63, 3.8) is 0 Å². The number of halogens is 3. The van der Waals surface area contributed by atoms with E-state index in [4.69, 9.17) is 16.3 Å². The average molecular weight is 426 g/mol. The van der Waals surface area contributed by atoms with Gasteiger partial charge in [0.15, 0.2) is 17.9 Å². The van der Waals surface area contributed by atoms with E-state index in [0.29, 0.717) is 11.8 Å². The van der Waals surface area contributed by atoms with Gasteiger partial charge >= 0.3 is 0 Å². The number of rotatable bonds is 9. The Morgan fingerprint density at radius 3 is 2.45 bits per heavy atom. The highest BCUT2D eigenvalue weighted by molar-refractivity contribution is 6.30. The second-order valence-corrected chi connectivity index (χ2v) is 7.72. The van der Waals surface area contributed by atoms with Gasteiger partial charge in [0.1, 0.15) is 5.82 Å². The molecule has 0 aliphatic rings. The van der Waals surface area contributed by atoms with Crippen molar-refractivity contribution in [3.05, 3.63) is 63.2 Å². The molecule has 2 N–H and O–H groups in total. The van der Waals surface area contributed by atoms with Gasteiger partial charge in [-0.1, -0.05) is 37.6 Å². The first kappa shape index (κ1) is 23.3. The predicted octanol–water partition coefficient (Wildman–Crippen LogP) is 4.70. The van der Waals surface area contributed by atoms with Crippen molar-refractivity contribution in [1.29, 1.82) is 0 Å². The number of hydrogen-bond donors (Lipinski definition) is 2. The van der Waals surface area contributed by atoms with E-state index < -0.39 is 17.7 Å². The summed E-state index contributed by atoms with van der Waals surface area (Å²) in [7, 11) is 1.33. The summed E-state index contributed by atoms with van der Waals surface area (Å²) in [6.07, 6.45) is 0.613. The van der Waals surface area contributed by atoms with Gasteiger partial charge in [-0.25, -0.2) is 8.78 Å². The number of ether oxygens (including phenoxy) is 1. The standard InChI is InChI=1S/C22H26ClF2NO3/c1-12(2)18(11-28)26-13(3)20-16(10-27)15(9-19(29-4)22(20)25)8-14-6-5-7-17(23)21(14)24/h5-7,9-10,12-13,18,26,28H,8,11H2,1-4H3/t13?,18-/m1/s1. The highest BCUT2D eigenvalue weighted by Crippen LogP contribution is 2.33. The molecule has 0 radical (unpaired) electrons. The van der Waals surface area contributed by atoms with Crippen LogP contribution in [0.15, 0.2) is 24.3 Å². The first-order valence-corrected chi connectivity index (χ1v) is 9.77. The van der Waals surface area contributed by atoms with Crippen LogP contribution in [0.5, 0.6) is 5.75 Å². The van der Waals surface area contributed by atoms with Gasteiger partial charge < -0.3 is 15.2 Å². The van der Waals surface area contributed by atoms with Crippen LogP contribution in [0.4, 0.5) is 8.78 Å². The Labute approximate surface area is 174 Å². The molecule has 2 rings (SSSR count). The number of carbonyl (C=O) groups is 1. The molecule has 158 valence electrons. The topological polar surface area (TPSA) is 58.6 Å². The van der Waals surface area contributed by atoms with E-state index in [1.807, 2.05) is 13.8 Å². The van der Waals surface area contributed by atoms with Crippen LogP contribution >= 0.6 is 11.6 Å². The number of nitrogens with one attached hydrogen (secondary N) is 1. The number of aliphatic hydroxyl groups excluding tert-OH is 1. The maximum atomic E-state index is 15.1. The maximum Gasteiger partial charge on any atom is 0.170 e. The highest BCUT2D eigenvalue weighted by Gasteiger charge is 2.26.